The van der Waals surface area contributed by atoms with Crippen LogP contribution in [0.25, 0.3) is 21.3 Å². The SMILES string of the molecule is CCOC(=O)c1c(-c2ccc(Cl)cc2)csc1NC(=O)c1sc2nc3c(cc2c1N)CC(c1ccccc1)CC3. The summed E-state index contributed by atoms with van der Waals surface area (Å²) in [7, 11) is 0. The number of ether oxygens (including phenoxy) is 1. The Bertz CT molecular complexity index is 1730. The second-order valence-electron chi connectivity index (χ2n) is 9.68. The van der Waals surface area contributed by atoms with Crippen LogP contribution >= 0.6 is 34.3 Å². The van der Waals surface area contributed by atoms with Gasteiger partial charge in [0.15, 0.2) is 0 Å². The Morgan fingerprint density at radius 2 is 1.93 bits per heavy atom. The number of aryl methyl sites for hydroxylation is 1. The van der Waals surface area contributed by atoms with Gasteiger partial charge in [0, 0.05) is 27.0 Å². The standard InChI is InChI=1S/C31H26ClN3O3S2/c1-2-38-31(37)25-23(18-8-11-21(32)12-9-18)16-39-30(25)35-28(36)27-26(33)22-15-20-14-19(17-6-4-3-5-7-17)10-13-24(20)34-29(22)40-27/h3-9,11-12,15-16,19H,2,10,13-14,33H2,1H3,(H,35,36). The van der Waals surface area contributed by atoms with E-state index in [1.807, 2.05) is 23.6 Å². The number of carbonyl (C=O) groups excluding carboxylic acids is 2. The summed E-state index contributed by atoms with van der Waals surface area (Å²) in [6, 6.07) is 19.8. The fourth-order valence-corrected chi connectivity index (χ4v) is 7.30. The minimum absolute atomic E-state index is 0.215. The van der Waals surface area contributed by atoms with Gasteiger partial charge >= 0.3 is 5.97 Å². The van der Waals surface area contributed by atoms with Crippen LogP contribution in [0, 0.1) is 0 Å². The molecule has 3 N–H and O–H groups in total. The Morgan fingerprint density at radius 3 is 2.67 bits per heavy atom. The van der Waals surface area contributed by atoms with Crippen LogP contribution in [0.4, 0.5) is 10.7 Å². The number of benzene rings is 2. The lowest BCUT2D eigenvalue weighted by atomic mass is 9.82. The molecule has 0 fully saturated rings. The predicted octanol–water partition coefficient (Wildman–Crippen LogP) is 7.96. The van der Waals surface area contributed by atoms with E-state index in [0.717, 1.165) is 40.7 Å². The van der Waals surface area contributed by atoms with Gasteiger partial charge in [-0.25, -0.2) is 9.78 Å². The van der Waals surface area contributed by atoms with E-state index < -0.39 is 5.97 Å². The van der Waals surface area contributed by atoms with E-state index in [0.29, 0.717) is 37.6 Å². The van der Waals surface area contributed by atoms with Gasteiger partial charge in [-0.2, -0.15) is 0 Å². The maximum absolute atomic E-state index is 13.5. The first-order valence-corrected chi connectivity index (χ1v) is 15.1. The smallest absolute Gasteiger partial charge is 0.341 e. The van der Waals surface area contributed by atoms with Gasteiger partial charge in [0.2, 0.25) is 0 Å². The van der Waals surface area contributed by atoms with Crippen molar-refractivity contribution < 1.29 is 14.3 Å². The molecule has 3 aromatic heterocycles. The molecule has 1 unspecified atom stereocenters. The largest absolute Gasteiger partial charge is 0.462 e. The van der Waals surface area contributed by atoms with Crippen LogP contribution in [0.1, 0.15) is 56.1 Å². The van der Waals surface area contributed by atoms with Gasteiger partial charge in [-0.3, -0.25) is 4.79 Å². The number of rotatable bonds is 6. The van der Waals surface area contributed by atoms with Gasteiger partial charge in [0.25, 0.3) is 5.91 Å². The summed E-state index contributed by atoms with van der Waals surface area (Å²) < 4.78 is 5.33. The number of nitrogens with zero attached hydrogens (tertiary/aromatic N) is 1. The van der Waals surface area contributed by atoms with Crippen LogP contribution < -0.4 is 11.1 Å². The van der Waals surface area contributed by atoms with Gasteiger partial charge in [-0.05, 0) is 67.0 Å². The monoisotopic (exact) mass is 587 g/mol. The minimum atomic E-state index is -0.504. The summed E-state index contributed by atoms with van der Waals surface area (Å²) in [6.45, 7) is 1.96. The first-order valence-electron chi connectivity index (χ1n) is 13.0. The van der Waals surface area contributed by atoms with Gasteiger partial charge in [-0.1, -0.05) is 54.1 Å². The number of amides is 1. The molecule has 2 aromatic carbocycles. The number of thiophene rings is 2. The lowest BCUT2D eigenvalue weighted by Gasteiger charge is -2.24. The van der Waals surface area contributed by atoms with Crippen LogP contribution in [0.5, 0.6) is 0 Å². The first-order chi connectivity index (χ1) is 19.4. The minimum Gasteiger partial charge on any atom is -0.462 e. The number of aromatic nitrogens is 1. The van der Waals surface area contributed by atoms with Crippen molar-refractivity contribution in [3.05, 3.63) is 98.3 Å². The maximum Gasteiger partial charge on any atom is 0.341 e. The van der Waals surface area contributed by atoms with Crippen LogP contribution in [0.2, 0.25) is 5.02 Å². The molecule has 202 valence electrons. The average molecular weight is 588 g/mol. The number of nitrogen functional groups attached to an aromatic ring is 1. The first kappa shape index (κ1) is 26.5. The van der Waals surface area contributed by atoms with Crippen molar-refractivity contribution in [2.45, 2.75) is 32.1 Å². The fourth-order valence-electron chi connectivity index (χ4n) is 5.23. The van der Waals surface area contributed by atoms with E-state index in [-0.39, 0.29) is 12.5 Å². The molecule has 3 heterocycles. The second-order valence-corrected chi connectivity index (χ2v) is 12.0. The van der Waals surface area contributed by atoms with E-state index in [1.165, 1.54) is 33.8 Å². The van der Waals surface area contributed by atoms with Crippen LogP contribution in [0.3, 0.4) is 0 Å². The summed E-state index contributed by atoms with van der Waals surface area (Å²) in [5.74, 6) is -0.447. The van der Waals surface area contributed by atoms with Gasteiger partial charge in [-0.15, -0.1) is 22.7 Å². The number of carbonyl (C=O) groups is 2. The molecule has 1 atom stereocenters. The van der Waals surface area contributed by atoms with Crippen molar-refractivity contribution in [2.24, 2.45) is 0 Å². The Kier molecular flexibility index (Phi) is 7.31. The normalized spacial score (nSPS) is 14.6. The van der Waals surface area contributed by atoms with Crippen LogP contribution in [-0.2, 0) is 17.6 Å². The highest BCUT2D eigenvalue weighted by molar-refractivity contribution is 7.21. The van der Waals surface area contributed by atoms with Gasteiger partial charge < -0.3 is 15.8 Å². The number of anilines is 2. The number of fused-ring (bicyclic) bond motifs is 2. The third kappa shape index (κ3) is 4.98. The van der Waals surface area contributed by atoms with Crippen molar-refractivity contribution in [2.75, 3.05) is 17.7 Å². The lowest BCUT2D eigenvalue weighted by Crippen LogP contribution is -2.15. The zero-order chi connectivity index (χ0) is 27.8. The van der Waals surface area contributed by atoms with Crippen molar-refractivity contribution in [1.82, 2.24) is 4.98 Å². The molecular weight excluding hydrogens is 562 g/mol. The Morgan fingerprint density at radius 1 is 1.15 bits per heavy atom. The lowest BCUT2D eigenvalue weighted by molar-refractivity contribution is 0.0529. The molecule has 0 bridgehead atoms. The molecule has 5 aromatic rings. The molecule has 1 aliphatic carbocycles. The summed E-state index contributed by atoms with van der Waals surface area (Å²) in [5.41, 5.74) is 12.3. The van der Waals surface area contributed by atoms with Gasteiger partial charge in [0.05, 0.1) is 12.3 Å². The zero-order valence-electron chi connectivity index (χ0n) is 21.7. The van der Waals surface area contributed by atoms with E-state index in [2.05, 4.69) is 35.6 Å². The Labute approximate surface area is 244 Å². The van der Waals surface area contributed by atoms with E-state index in [4.69, 9.17) is 27.1 Å². The second kappa shape index (κ2) is 11.0. The highest BCUT2D eigenvalue weighted by atomic mass is 35.5. The van der Waals surface area contributed by atoms with Crippen LogP contribution in [0.15, 0.2) is 66.0 Å². The number of hydrogen-bond donors (Lipinski definition) is 2. The molecular formula is C31H26ClN3O3S2. The zero-order valence-corrected chi connectivity index (χ0v) is 24.1. The van der Waals surface area contributed by atoms with Crippen molar-refractivity contribution in [3.63, 3.8) is 0 Å². The number of pyridine rings is 1. The average Bonchev–Trinajstić information content (AvgIpc) is 3.53. The quantitative estimate of drug-likeness (QED) is 0.196. The highest BCUT2D eigenvalue weighted by Crippen LogP contribution is 2.40. The van der Waals surface area contributed by atoms with Crippen LogP contribution in [-0.4, -0.2) is 23.5 Å². The number of nitrogens with one attached hydrogen (secondary N) is 1. The molecule has 0 saturated carbocycles. The van der Waals surface area contributed by atoms with Crippen molar-refractivity contribution in [1.29, 1.82) is 0 Å². The molecule has 1 amide bonds. The molecule has 1 aliphatic rings. The third-order valence-electron chi connectivity index (χ3n) is 7.22. The summed E-state index contributed by atoms with van der Waals surface area (Å²) in [4.78, 5) is 32.5. The summed E-state index contributed by atoms with van der Waals surface area (Å²) >= 11 is 8.60. The third-order valence-corrected chi connectivity index (χ3v) is 9.48. The fraction of sp³-hybridized carbons (Fsp3) is 0.194. The number of hydrogen-bond acceptors (Lipinski definition) is 7. The molecule has 0 aliphatic heterocycles. The predicted molar refractivity (Wildman–Crippen MR) is 164 cm³/mol. The molecule has 6 rings (SSSR count). The van der Waals surface area contributed by atoms with Crippen molar-refractivity contribution >= 4 is 67.1 Å². The number of halogens is 1. The molecule has 6 nitrogen and oxygen atoms in total. The van der Waals surface area contributed by atoms with E-state index in [9.17, 15) is 9.59 Å². The van der Waals surface area contributed by atoms with Gasteiger partial charge in [0.1, 0.15) is 20.3 Å². The number of esters is 1. The molecule has 9 heteroatoms. The van der Waals surface area contributed by atoms with Crippen molar-refractivity contribution in [3.8, 4) is 11.1 Å². The molecule has 0 spiro atoms. The Hall–Kier alpha value is -3.72. The molecule has 0 radical (unpaired) electrons. The summed E-state index contributed by atoms with van der Waals surface area (Å²) in [6.07, 6.45) is 2.81. The number of nitrogens with two attached hydrogens (primary N) is 1. The molecule has 0 saturated heterocycles. The maximum atomic E-state index is 13.5. The summed E-state index contributed by atoms with van der Waals surface area (Å²) in [5, 5.41) is 6.55. The van der Waals surface area contributed by atoms with E-state index >= 15 is 0 Å². The highest BCUT2D eigenvalue weighted by Gasteiger charge is 2.27. The molecule has 40 heavy (non-hydrogen) atoms. The Balaban J connectivity index is 1.31. The topological polar surface area (TPSA) is 94.3 Å². The van der Waals surface area contributed by atoms with E-state index in [1.54, 1.807) is 19.1 Å².